The maximum atomic E-state index is 12.7. The molecule has 0 aliphatic carbocycles. The van der Waals surface area contributed by atoms with E-state index in [9.17, 15) is 14.4 Å². The highest BCUT2D eigenvalue weighted by Gasteiger charge is 2.35. The molecule has 152 valence electrons. The molecule has 8 nitrogen and oxygen atoms in total. The van der Waals surface area contributed by atoms with Crippen LogP contribution in [0.25, 0.3) is 5.69 Å². The van der Waals surface area contributed by atoms with E-state index in [1.165, 1.54) is 6.33 Å². The van der Waals surface area contributed by atoms with Crippen LogP contribution in [0, 0.1) is 0 Å². The molecule has 3 amide bonds. The van der Waals surface area contributed by atoms with Gasteiger partial charge < -0.3 is 4.90 Å². The van der Waals surface area contributed by atoms with Crippen molar-refractivity contribution in [3.05, 3.63) is 77.9 Å². The molecule has 1 atom stereocenters. The highest BCUT2D eigenvalue weighted by molar-refractivity contribution is 6.21. The van der Waals surface area contributed by atoms with Gasteiger partial charge in [-0.1, -0.05) is 24.3 Å². The monoisotopic (exact) mass is 403 g/mol. The molecule has 1 aromatic heterocycles. The van der Waals surface area contributed by atoms with Crippen molar-refractivity contribution in [2.24, 2.45) is 0 Å². The molecule has 3 aromatic rings. The van der Waals surface area contributed by atoms with E-state index >= 15 is 0 Å². The summed E-state index contributed by atoms with van der Waals surface area (Å²) in [5.74, 6) is -0.829. The number of nitrogens with zero attached hydrogens (tertiary/aromatic N) is 5. The number of hydrogen-bond donors (Lipinski definition) is 0. The van der Waals surface area contributed by atoms with Gasteiger partial charge in [0.1, 0.15) is 12.7 Å². The summed E-state index contributed by atoms with van der Waals surface area (Å²) in [6.45, 7) is 2.00. The molecule has 1 aliphatic heterocycles. The van der Waals surface area contributed by atoms with Crippen LogP contribution in [0.4, 0.5) is 0 Å². The lowest BCUT2D eigenvalue weighted by molar-refractivity contribution is -0.131. The number of imide groups is 1. The fourth-order valence-corrected chi connectivity index (χ4v) is 3.51. The summed E-state index contributed by atoms with van der Waals surface area (Å²) in [5.41, 5.74) is 2.63. The average molecular weight is 403 g/mol. The smallest absolute Gasteiger partial charge is 0.261 e. The topological polar surface area (TPSA) is 88.4 Å². The first-order valence-electron chi connectivity index (χ1n) is 9.63. The van der Waals surface area contributed by atoms with E-state index in [2.05, 4.69) is 10.1 Å². The van der Waals surface area contributed by atoms with Gasteiger partial charge in [-0.25, -0.2) is 9.67 Å². The van der Waals surface area contributed by atoms with Crippen molar-refractivity contribution in [3.8, 4) is 5.69 Å². The van der Waals surface area contributed by atoms with Crippen LogP contribution in [0.5, 0.6) is 0 Å². The van der Waals surface area contributed by atoms with Crippen LogP contribution in [-0.2, 0) is 4.79 Å². The highest BCUT2D eigenvalue weighted by Crippen LogP contribution is 2.24. The van der Waals surface area contributed by atoms with E-state index in [-0.39, 0.29) is 36.7 Å². The number of hydrogen-bond acceptors (Lipinski definition) is 5. The van der Waals surface area contributed by atoms with Gasteiger partial charge in [0.15, 0.2) is 0 Å². The van der Waals surface area contributed by atoms with Gasteiger partial charge in [-0.05, 0) is 36.8 Å². The van der Waals surface area contributed by atoms with Gasteiger partial charge in [0.2, 0.25) is 5.91 Å². The number of fused-ring (bicyclic) bond motifs is 1. The largest absolute Gasteiger partial charge is 0.339 e. The minimum atomic E-state index is -0.345. The first-order chi connectivity index (χ1) is 14.5. The SMILES string of the molecule is C[C@@H](c1ccc(-n2cncn2)cc1)N(C)C(=O)CCN1C(=O)c2ccccc2C1=O. The van der Waals surface area contributed by atoms with E-state index in [1.54, 1.807) is 47.2 Å². The molecular formula is C22H21N5O3. The summed E-state index contributed by atoms with van der Waals surface area (Å²) in [5, 5.41) is 4.09. The number of rotatable bonds is 6. The van der Waals surface area contributed by atoms with Crippen molar-refractivity contribution in [2.75, 3.05) is 13.6 Å². The third-order valence-electron chi connectivity index (χ3n) is 5.46. The average Bonchev–Trinajstić information content (AvgIpc) is 3.40. The van der Waals surface area contributed by atoms with Crippen molar-refractivity contribution in [3.63, 3.8) is 0 Å². The Kier molecular flexibility index (Phi) is 5.14. The van der Waals surface area contributed by atoms with Crippen molar-refractivity contribution in [1.29, 1.82) is 0 Å². The summed E-state index contributed by atoms with van der Waals surface area (Å²) in [6, 6.07) is 14.3. The van der Waals surface area contributed by atoms with Crippen LogP contribution in [-0.4, -0.2) is 55.9 Å². The van der Waals surface area contributed by atoms with Gasteiger partial charge in [0.25, 0.3) is 11.8 Å². The summed E-state index contributed by atoms with van der Waals surface area (Å²) >= 11 is 0. The molecule has 4 rings (SSSR count). The second kappa shape index (κ2) is 7.90. The Hall–Kier alpha value is -3.81. The Morgan fingerprint density at radius 1 is 1.03 bits per heavy atom. The molecule has 0 spiro atoms. The molecule has 8 heteroatoms. The quantitative estimate of drug-likeness (QED) is 0.590. The minimum absolute atomic E-state index is 0.0630. The van der Waals surface area contributed by atoms with Crippen molar-refractivity contribution >= 4 is 17.7 Å². The molecular weight excluding hydrogens is 382 g/mol. The lowest BCUT2D eigenvalue weighted by Crippen LogP contribution is -2.36. The predicted octanol–water partition coefficient (Wildman–Crippen LogP) is 2.47. The minimum Gasteiger partial charge on any atom is -0.339 e. The van der Waals surface area contributed by atoms with Gasteiger partial charge in [-0.2, -0.15) is 5.10 Å². The standard InChI is InChI=1S/C22H21N5O3/c1-15(16-7-9-17(10-8-16)27-14-23-13-24-27)25(2)20(28)11-12-26-21(29)18-5-3-4-6-19(18)22(26)30/h3-10,13-15H,11-12H2,1-2H3/t15-/m0/s1. The molecule has 0 fully saturated rings. The van der Waals surface area contributed by atoms with Gasteiger partial charge in [-0.3, -0.25) is 19.3 Å². The zero-order chi connectivity index (χ0) is 21.3. The van der Waals surface area contributed by atoms with E-state index < -0.39 is 0 Å². The molecule has 0 unspecified atom stereocenters. The first-order valence-corrected chi connectivity index (χ1v) is 9.63. The molecule has 1 aliphatic rings. The van der Waals surface area contributed by atoms with Crippen molar-refractivity contribution in [2.45, 2.75) is 19.4 Å². The number of benzene rings is 2. The van der Waals surface area contributed by atoms with Crippen molar-refractivity contribution < 1.29 is 14.4 Å². The number of carbonyl (C=O) groups excluding carboxylic acids is 3. The molecule has 0 saturated carbocycles. The van der Waals surface area contributed by atoms with E-state index in [1.807, 2.05) is 31.2 Å². The maximum absolute atomic E-state index is 12.7. The lowest BCUT2D eigenvalue weighted by atomic mass is 10.1. The summed E-state index contributed by atoms with van der Waals surface area (Å²) in [4.78, 5) is 44.3. The molecule has 0 N–H and O–H groups in total. The number of amides is 3. The van der Waals surface area contributed by atoms with Crippen LogP contribution in [0.1, 0.15) is 45.7 Å². The summed E-state index contributed by atoms with van der Waals surface area (Å²) < 4.78 is 1.66. The van der Waals surface area contributed by atoms with Crippen LogP contribution >= 0.6 is 0 Å². The van der Waals surface area contributed by atoms with Gasteiger partial charge in [-0.15, -0.1) is 0 Å². The zero-order valence-electron chi connectivity index (χ0n) is 16.7. The van der Waals surface area contributed by atoms with E-state index in [4.69, 9.17) is 0 Å². The Bertz CT molecular complexity index is 1060. The summed E-state index contributed by atoms with van der Waals surface area (Å²) in [7, 11) is 1.72. The predicted molar refractivity (Wildman–Crippen MR) is 109 cm³/mol. The Morgan fingerprint density at radius 2 is 1.67 bits per heavy atom. The maximum Gasteiger partial charge on any atom is 0.261 e. The second-order valence-electron chi connectivity index (χ2n) is 7.17. The zero-order valence-corrected chi connectivity index (χ0v) is 16.7. The van der Waals surface area contributed by atoms with E-state index in [0.29, 0.717) is 11.1 Å². The molecule has 0 radical (unpaired) electrons. The Labute approximate surface area is 173 Å². The molecule has 0 saturated heterocycles. The summed E-state index contributed by atoms with van der Waals surface area (Å²) in [6.07, 6.45) is 3.16. The van der Waals surface area contributed by atoms with Crippen LogP contribution in [0.3, 0.4) is 0 Å². The lowest BCUT2D eigenvalue weighted by Gasteiger charge is -2.26. The second-order valence-corrected chi connectivity index (χ2v) is 7.17. The Morgan fingerprint density at radius 3 is 2.23 bits per heavy atom. The fraction of sp³-hybridized carbons (Fsp3) is 0.227. The molecule has 2 heterocycles. The van der Waals surface area contributed by atoms with Crippen LogP contribution in [0.2, 0.25) is 0 Å². The van der Waals surface area contributed by atoms with Gasteiger partial charge in [0, 0.05) is 20.0 Å². The number of carbonyl (C=O) groups is 3. The van der Waals surface area contributed by atoms with Crippen LogP contribution < -0.4 is 0 Å². The first kappa shape index (κ1) is 19.5. The molecule has 2 aromatic carbocycles. The highest BCUT2D eigenvalue weighted by atomic mass is 16.2. The normalized spacial score (nSPS) is 14.0. The van der Waals surface area contributed by atoms with Gasteiger partial charge >= 0.3 is 0 Å². The third-order valence-corrected chi connectivity index (χ3v) is 5.46. The van der Waals surface area contributed by atoms with Crippen LogP contribution in [0.15, 0.2) is 61.2 Å². The molecule has 30 heavy (non-hydrogen) atoms. The Balaban J connectivity index is 1.38. The van der Waals surface area contributed by atoms with Crippen molar-refractivity contribution in [1.82, 2.24) is 24.6 Å². The molecule has 0 bridgehead atoms. The third kappa shape index (κ3) is 3.47. The van der Waals surface area contributed by atoms with E-state index in [0.717, 1.165) is 16.2 Å². The number of aromatic nitrogens is 3. The van der Waals surface area contributed by atoms with Gasteiger partial charge in [0.05, 0.1) is 22.9 Å². The fourth-order valence-electron chi connectivity index (χ4n) is 3.51.